The Bertz CT molecular complexity index is 781. The molecule has 4 rings (SSSR count). The molecule has 1 amide bonds. The van der Waals surface area contributed by atoms with E-state index >= 15 is 0 Å². The van der Waals surface area contributed by atoms with E-state index in [1.165, 1.54) is 5.56 Å². The zero-order valence-corrected chi connectivity index (χ0v) is 14.8. The number of benzene rings is 2. The number of aryl methyl sites for hydroxylation is 1. The van der Waals surface area contributed by atoms with Crippen LogP contribution in [-0.4, -0.2) is 30.1 Å². The lowest BCUT2D eigenvalue weighted by Gasteiger charge is -2.47. The molecule has 0 spiro atoms. The van der Waals surface area contributed by atoms with E-state index in [4.69, 9.17) is 4.74 Å². The van der Waals surface area contributed by atoms with Gasteiger partial charge in [-0.2, -0.15) is 0 Å². The van der Waals surface area contributed by atoms with Crippen molar-refractivity contribution in [2.24, 2.45) is 0 Å². The van der Waals surface area contributed by atoms with Crippen LogP contribution in [0.5, 0.6) is 0 Å². The Balaban J connectivity index is 1.77. The maximum Gasteiger partial charge on any atom is 0.258 e. The van der Waals surface area contributed by atoms with Gasteiger partial charge in [-0.1, -0.05) is 42.0 Å². The molecule has 2 aromatic rings. The average molecular weight is 336 g/mol. The molecule has 4 heteroatoms. The van der Waals surface area contributed by atoms with E-state index < -0.39 is 5.66 Å². The molecule has 0 bridgehead atoms. The van der Waals surface area contributed by atoms with Gasteiger partial charge in [0.15, 0.2) is 0 Å². The van der Waals surface area contributed by atoms with Crippen molar-refractivity contribution in [1.82, 2.24) is 4.90 Å². The summed E-state index contributed by atoms with van der Waals surface area (Å²) in [5.41, 5.74) is 3.31. The summed E-state index contributed by atoms with van der Waals surface area (Å²) < 4.78 is 5.82. The quantitative estimate of drug-likeness (QED) is 0.924. The lowest BCUT2D eigenvalue weighted by molar-refractivity contribution is 0.0242. The van der Waals surface area contributed by atoms with Crippen molar-refractivity contribution in [1.29, 1.82) is 0 Å². The fourth-order valence-corrected chi connectivity index (χ4v) is 3.82. The smallest absolute Gasteiger partial charge is 0.258 e. The van der Waals surface area contributed by atoms with Gasteiger partial charge in [0.1, 0.15) is 5.66 Å². The molecule has 2 atom stereocenters. The van der Waals surface area contributed by atoms with Crippen LogP contribution < -0.4 is 5.32 Å². The molecule has 0 saturated carbocycles. The lowest BCUT2D eigenvalue weighted by Crippen LogP contribution is -2.57. The molecule has 0 aromatic heterocycles. The van der Waals surface area contributed by atoms with Crippen LogP contribution in [-0.2, 0) is 10.4 Å². The number of hydrogen-bond acceptors (Lipinski definition) is 3. The molecule has 25 heavy (non-hydrogen) atoms. The minimum Gasteiger partial charge on any atom is -0.376 e. The van der Waals surface area contributed by atoms with Crippen LogP contribution in [0, 0.1) is 6.92 Å². The number of ether oxygens (including phenoxy) is 1. The van der Waals surface area contributed by atoms with Gasteiger partial charge in [-0.25, -0.2) is 0 Å². The maximum absolute atomic E-state index is 13.3. The molecule has 2 aliphatic heterocycles. The van der Waals surface area contributed by atoms with Crippen LogP contribution in [0.4, 0.5) is 5.69 Å². The number of carbonyl (C=O) groups is 1. The second kappa shape index (κ2) is 6.19. The van der Waals surface area contributed by atoms with E-state index in [1.807, 2.05) is 29.2 Å². The van der Waals surface area contributed by atoms with Crippen molar-refractivity contribution in [2.75, 3.05) is 18.5 Å². The second-order valence-electron chi connectivity index (χ2n) is 7.16. The molecule has 1 saturated heterocycles. The van der Waals surface area contributed by atoms with Crippen LogP contribution in [0.25, 0.3) is 0 Å². The van der Waals surface area contributed by atoms with Crippen LogP contribution in [0.3, 0.4) is 0 Å². The summed E-state index contributed by atoms with van der Waals surface area (Å²) in [6.45, 7) is 5.55. The third-order valence-corrected chi connectivity index (χ3v) is 5.34. The van der Waals surface area contributed by atoms with Gasteiger partial charge in [0.05, 0.1) is 11.7 Å². The van der Waals surface area contributed by atoms with Gasteiger partial charge < -0.3 is 15.0 Å². The number of para-hydroxylation sites is 1. The molecule has 2 heterocycles. The first-order valence-electron chi connectivity index (χ1n) is 8.96. The largest absolute Gasteiger partial charge is 0.376 e. The molecule has 2 unspecified atom stereocenters. The Morgan fingerprint density at radius 3 is 2.68 bits per heavy atom. The number of nitrogens with zero attached hydrogens (tertiary/aromatic N) is 1. The highest BCUT2D eigenvalue weighted by Crippen LogP contribution is 2.38. The van der Waals surface area contributed by atoms with Crippen molar-refractivity contribution < 1.29 is 9.53 Å². The number of hydrogen-bond donors (Lipinski definition) is 1. The van der Waals surface area contributed by atoms with E-state index in [2.05, 4.69) is 43.4 Å². The van der Waals surface area contributed by atoms with E-state index in [1.54, 1.807) is 0 Å². The standard InChI is InChI=1S/C21H24N2O2/c1-15-9-11-16(12-10-15)21(2)22-19-8-4-3-7-18(19)20(24)23(21)14-17-6-5-13-25-17/h3-4,7-12,17,22H,5-6,13-14H2,1-2H3. The fourth-order valence-electron chi connectivity index (χ4n) is 3.82. The highest BCUT2D eigenvalue weighted by atomic mass is 16.5. The number of amides is 1. The molecule has 0 radical (unpaired) electrons. The summed E-state index contributed by atoms with van der Waals surface area (Å²) in [6.07, 6.45) is 2.19. The van der Waals surface area contributed by atoms with Crippen molar-refractivity contribution >= 4 is 11.6 Å². The first-order valence-corrected chi connectivity index (χ1v) is 8.96. The molecule has 130 valence electrons. The summed E-state index contributed by atoms with van der Waals surface area (Å²) >= 11 is 0. The number of carbonyl (C=O) groups excluding carboxylic acids is 1. The Kier molecular flexibility index (Phi) is 4.00. The third kappa shape index (κ3) is 2.81. The summed E-state index contributed by atoms with van der Waals surface area (Å²) in [4.78, 5) is 15.2. The van der Waals surface area contributed by atoms with Crippen LogP contribution in [0.15, 0.2) is 48.5 Å². The fraction of sp³-hybridized carbons (Fsp3) is 0.381. The molecule has 4 nitrogen and oxygen atoms in total. The minimum atomic E-state index is -0.592. The van der Waals surface area contributed by atoms with Crippen molar-refractivity contribution in [2.45, 2.75) is 38.5 Å². The highest BCUT2D eigenvalue weighted by molar-refractivity contribution is 6.02. The lowest BCUT2D eigenvalue weighted by atomic mass is 9.92. The molecule has 1 N–H and O–H groups in total. The van der Waals surface area contributed by atoms with E-state index in [0.717, 1.165) is 36.3 Å². The van der Waals surface area contributed by atoms with Crippen molar-refractivity contribution in [3.05, 3.63) is 65.2 Å². The van der Waals surface area contributed by atoms with Gasteiger partial charge in [-0.05, 0) is 44.4 Å². The third-order valence-electron chi connectivity index (χ3n) is 5.34. The maximum atomic E-state index is 13.3. The average Bonchev–Trinajstić information content (AvgIpc) is 3.12. The van der Waals surface area contributed by atoms with E-state index in [9.17, 15) is 4.79 Å². The molecule has 0 aliphatic carbocycles. The number of fused-ring (bicyclic) bond motifs is 1. The summed E-state index contributed by atoms with van der Waals surface area (Å²) in [5, 5.41) is 3.61. The number of anilines is 1. The van der Waals surface area contributed by atoms with E-state index in [-0.39, 0.29) is 12.0 Å². The van der Waals surface area contributed by atoms with Crippen LogP contribution in [0.2, 0.25) is 0 Å². The van der Waals surface area contributed by atoms with Crippen molar-refractivity contribution in [3.8, 4) is 0 Å². The normalized spacial score (nSPS) is 25.6. The Hall–Kier alpha value is -2.33. The van der Waals surface area contributed by atoms with Crippen molar-refractivity contribution in [3.63, 3.8) is 0 Å². The van der Waals surface area contributed by atoms with Gasteiger partial charge >= 0.3 is 0 Å². The first-order chi connectivity index (χ1) is 12.1. The first kappa shape index (κ1) is 16.2. The molecule has 2 aromatic carbocycles. The number of rotatable bonds is 3. The Morgan fingerprint density at radius 2 is 1.96 bits per heavy atom. The van der Waals surface area contributed by atoms with Crippen LogP contribution >= 0.6 is 0 Å². The van der Waals surface area contributed by atoms with Gasteiger partial charge in [0.25, 0.3) is 5.91 Å². The Labute approximate surface area is 148 Å². The summed E-state index contributed by atoms with van der Waals surface area (Å²) in [6, 6.07) is 16.1. The molecular formula is C21H24N2O2. The summed E-state index contributed by atoms with van der Waals surface area (Å²) in [5.74, 6) is 0.0629. The highest BCUT2D eigenvalue weighted by Gasteiger charge is 2.43. The summed E-state index contributed by atoms with van der Waals surface area (Å²) in [7, 11) is 0. The number of nitrogens with one attached hydrogen (secondary N) is 1. The van der Waals surface area contributed by atoms with Gasteiger partial charge in [0.2, 0.25) is 0 Å². The molecule has 2 aliphatic rings. The predicted molar refractivity (Wildman–Crippen MR) is 98.6 cm³/mol. The van der Waals surface area contributed by atoms with Gasteiger partial charge in [0, 0.05) is 18.8 Å². The molecule has 1 fully saturated rings. The van der Waals surface area contributed by atoms with Gasteiger partial charge in [-0.3, -0.25) is 4.79 Å². The van der Waals surface area contributed by atoms with Crippen LogP contribution in [0.1, 0.15) is 41.3 Å². The van der Waals surface area contributed by atoms with Gasteiger partial charge in [-0.15, -0.1) is 0 Å². The zero-order chi connectivity index (χ0) is 17.4. The minimum absolute atomic E-state index is 0.0629. The topological polar surface area (TPSA) is 41.6 Å². The second-order valence-corrected chi connectivity index (χ2v) is 7.16. The predicted octanol–water partition coefficient (Wildman–Crippen LogP) is 3.91. The molecular weight excluding hydrogens is 312 g/mol. The monoisotopic (exact) mass is 336 g/mol. The Morgan fingerprint density at radius 1 is 1.20 bits per heavy atom. The zero-order valence-electron chi connectivity index (χ0n) is 14.8. The SMILES string of the molecule is Cc1ccc(C2(C)Nc3ccccc3C(=O)N2CC2CCCO2)cc1. The van der Waals surface area contributed by atoms with E-state index in [0.29, 0.717) is 6.54 Å².